The molecule has 1 amide bonds. The number of benzene rings is 1. The average Bonchev–Trinajstić information content (AvgIpc) is 2.39. The van der Waals surface area contributed by atoms with Gasteiger partial charge in [0.05, 0.1) is 0 Å². The molecule has 2 rings (SSSR count). The number of rotatable bonds is 3. The molecule has 0 radical (unpaired) electrons. The summed E-state index contributed by atoms with van der Waals surface area (Å²) in [5.74, 6) is 1.01. The highest BCUT2D eigenvalue weighted by atomic mass is 35.5. The Morgan fingerprint density at radius 1 is 1.39 bits per heavy atom. The zero-order chi connectivity index (χ0) is 13.0. The van der Waals surface area contributed by atoms with Crippen molar-refractivity contribution in [3.63, 3.8) is 0 Å². The number of nitrogens with zero attached hydrogens (tertiary/aromatic N) is 1. The fraction of sp³-hybridized carbons (Fsp3) is 0.462. The highest BCUT2D eigenvalue weighted by Crippen LogP contribution is 2.30. The molecule has 1 aliphatic heterocycles. The summed E-state index contributed by atoms with van der Waals surface area (Å²) in [5.41, 5.74) is 4.90. The largest absolute Gasteiger partial charge is 0.464 e. The van der Waals surface area contributed by atoms with E-state index in [9.17, 15) is 4.79 Å². The summed E-state index contributed by atoms with van der Waals surface area (Å²) in [4.78, 5) is 10.5. The van der Waals surface area contributed by atoms with Gasteiger partial charge in [-0.2, -0.15) is 0 Å². The van der Waals surface area contributed by atoms with Crippen LogP contribution < -0.4 is 5.43 Å². The summed E-state index contributed by atoms with van der Waals surface area (Å²) in [6, 6.07) is 8.22. The second kappa shape index (κ2) is 6.07. The number of hydrazine groups is 1. The van der Waals surface area contributed by atoms with Gasteiger partial charge in [-0.25, -0.2) is 9.80 Å². The molecule has 0 saturated carbocycles. The zero-order valence-electron chi connectivity index (χ0n) is 10.1. The van der Waals surface area contributed by atoms with Crippen LogP contribution in [0, 0.1) is 0 Å². The molecule has 1 aliphatic rings. The molecule has 5 heteroatoms. The maximum atomic E-state index is 10.5. The Bertz CT molecular complexity index is 417. The molecule has 0 atom stereocenters. The van der Waals surface area contributed by atoms with E-state index in [1.807, 2.05) is 12.1 Å². The van der Waals surface area contributed by atoms with E-state index in [4.69, 9.17) is 16.7 Å². The molecular formula is C13H17ClN2O2. The van der Waals surface area contributed by atoms with E-state index < -0.39 is 6.09 Å². The van der Waals surface area contributed by atoms with Crippen molar-refractivity contribution in [3.05, 3.63) is 35.4 Å². The molecule has 0 unspecified atom stereocenters. The van der Waals surface area contributed by atoms with Gasteiger partial charge >= 0.3 is 6.09 Å². The van der Waals surface area contributed by atoms with Crippen molar-refractivity contribution in [2.75, 3.05) is 13.1 Å². The van der Waals surface area contributed by atoms with Gasteiger partial charge in [-0.05, 0) is 29.9 Å². The van der Waals surface area contributed by atoms with Gasteiger partial charge in [-0.1, -0.05) is 24.3 Å². The molecule has 4 nitrogen and oxygen atoms in total. The van der Waals surface area contributed by atoms with Crippen molar-refractivity contribution < 1.29 is 9.90 Å². The molecule has 0 spiro atoms. The quantitative estimate of drug-likeness (QED) is 0.829. The van der Waals surface area contributed by atoms with Crippen LogP contribution in [0.4, 0.5) is 4.79 Å². The van der Waals surface area contributed by atoms with Gasteiger partial charge < -0.3 is 5.11 Å². The van der Waals surface area contributed by atoms with Crippen LogP contribution in [-0.2, 0) is 5.88 Å². The highest BCUT2D eigenvalue weighted by Gasteiger charge is 2.22. The average molecular weight is 269 g/mol. The first kappa shape index (κ1) is 13.2. The topological polar surface area (TPSA) is 52.6 Å². The number of piperidine rings is 1. The van der Waals surface area contributed by atoms with Crippen LogP contribution in [0.2, 0.25) is 0 Å². The lowest BCUT2D eigenvalue weighted by Gasteiger charge is -2.32. The van der Waals surface area contributed by atoms with Gasteiger partial charge in [0.25, 0.3) is 0 Å². The van der Waals surface area contributed by atoms with Gasteiger partial charge in [0.2, 0.25) is 0 Å². The third-order valence-corrected chi connectivity index (χ3v) is 3.68. The Morgan fingerprint density at radius 2 is 2.06 bits per heavy atom. The van der Waals surface area contributed by atoms with E-state index in [0.717, 1.165) is 25.9 Å². The van der Waals surface area contributed by atoms with Crippen molar-refractivity contribution in [2.24, 2.45) is 0 Å². The van der Waals surface area contributed by atoms with Crippen molar-refractivity contribution in [1.82, 2.24) is 10.4 Å². The molecule has 1 fully saturated rings. The minimum atomic E-state index is -0.991. The molecule has 0 bridgehead atoms. The number of carboxylic acid groups (broad SMARTS) is 1. The predicted molar refractivity (Wildman–Crippen MR) is 70.7 cm³/mol. The van der Waals surface area contributed by atoms with Crippen molar-refractivity contribution >= 4 is 17.7 Å². The molecule has 1 aromatic rings. The number of amides is 1. The fourth-order valence-corrected chi connectivity index (χ4v) is 2.74. The van der Waals surface area contributed by atoms with Crippen LogP contribution in [-0.4, -0.2) is 29.3 Å². The zero-order valence-corrected chi connectivity index (χ0v) is 10.9. The monoisotopic (exact) mass is 268 g/mol. The Morgan fingerprint density at radius 3 is 2.67 bits per heavy atom. The number of hydrogen-bond acceptors (Lipinski definition) is 2. The lowest BCUT2D eigenvalue weighted by Crippen LogP contribution is -2.45. The second-order valence-corrected chi connectivity index (χ2v) is 4.78. The summed E-state index contributed by atoms with van der Waals surface area (Å²) in [6.07, 6.45) is 0.914. The number of alkyl halides is 1. The van der Waals surface area contributed by atoms with Gasteiger partial charge in [-0.3, -0.25) is 5.43 Å². The van der Waals surface area contributed by atoms with Gasteiger partial charge in [-0.15, -0.1) is 11.6 Å². The summed E-state index contributed by atoms with van der Waals surface area (Å²) < 4.78 is 0. The first-order valence-corrected chi connectivity index (χ1v) is 6.62. The highest BCUT2D eigenvalue weighted by molar-refractivity contribution is 6.17. The molecule has 0 aliphatic carbocycles. The SMILES string of the molecule is O=C(O)NN1CCC(c2ccccc2CCl)CC1. The summed E-state index contributed by atoms with van der Waals surface area (Å²) in [7, 11) is 0. The first-order chi connectivity index (χ1) is 8.70. The minimum Gasteiger partial charge on any atom is -0.464 e. The Hall–Kier alpha value is -1.26. The summed E-state index contributed by atoms with van der Waals surface area (Å²) in [6.45, 7) is 1.49. The third-order valence-electron chi connectivity index (χ3n) is 3.39. The van der Waals surface area contributed by atoms with E-state index >= 15 is 0 Å². The molecule has 18 heavy (non-hydrogen) atoms. The van der Waals surface area contributed by atoms with E-state index in [2.05, 4.69) is 17.6 Å². The molecular weight excluding hydrogens is 252 g/mol. The summed E-state index contributed by atoms with van der Waals surface area (Å²) >= 11 is 5.95. The van der Waals surface area contributed by atoms with Crippen LogP contribution in [0.25, 0.3) is 0 Å². The number of hydrogen-bond donors (Lipinski definition) is 2. The molecule has 1 saturated heterocycles. The van der Waals surface area contributed by atoms with Crippen molar-refractivity contribution in [3.8, 4) is 0 Å². The molecule has 98 valence electrons. The molecule has 2 N–H and O–H groups in total. The Labute approximate surface area is 112 Å². The van der Waals surface area contributed by atoms with Crippen molar-refractivity contribution in [1.29, 1.82) is 0 Å². The first-order valence-electron chi connectivity index (χ1n) is 6.09. The Balaban J connectivity index is 1.99. The van der Waals surface area contributed by atoms with Gasteiger partial charge in [0, 0.05) is 19.0 Å². The van der Waals surface area contributed by atoms with Crippen LogP contribution in [0.15, 0.2) is 24.3 Å². The number of nitrogens with one attached hydrogen (secondary N) is 1. The smallest absolute Gasteiger partial charge is 0.419 e. The van der Waals surface area contributed by atoms with Gasteiger partial charge in [0.15, 0.2) is 0 Å². The normalized spacial score (nSPS) is 17.6. The van der Waals surface area contributed by atoms with E-state index in [-0.39, 0.29) is 0 Å². The second-order valence-electron chi connectivity index (χ2n) is 4.51. The number of halogens is 1. The lowest BCUT2D eigenvalue weighted by atomic mass is 9.87. The van der Waals surface area contributed by atoms with Crippen LogP contribution in [0.5, 0.6) is 0 Å². The maximum absolute atomic E-state index is 10.5. The van der Waals surface area contributed by atoms with Gasteiger partial charge in [0.1, 0.15) is 0 Å². The fourth-order valence-electron chi connectivity index (χ4n) is 2.49. The van der Waals surface area contributed by atoms with Crippen LogP contribution >= 0.6 is 11.6 Å². The minimum absolute atomic E-state index is 0.479. The molecule has 1 heterocycles. The maximum Gasteiger partial charge on any atom is 0.419 e. The molecule has 0 aromatic heterocycles. The molecule has 1 aromatic carbocycles. The standard InChI is InChI=1S/C13H17ClN2O2/c14-9-11-3-1-2-4-12(11)10-5-7-16(8-6-10)15-13(17)18/h1-4,10,15H,5-9H2,(H,17,18). The van der Waals surface area contributed by atoms with E-state index in [0.29, 0.717) is 11.8 Å². The Kier molecular flexibility index (Phi) is 4.44. The van der Waals surface area contributed by atoms with Crippen LogP contribution in [0.1, 0.15) is 29.9 Å². The van der Waals surface area contributed by atoms with E-state index in [1.165, 1.54) is 11.1 Å². The van der Waals surface area contributed by atoms with Crippen LogP contribution in [0.3, 0.4) is 0 Å². The predicted octanol–water partition coefficient (Wildman–Crippen LogP) is 2.79. The van der Waals surface area contributed by atoms with Crippen molar-refractivity contribution in [2.45, 2.75) is 24.6 Å². The van der Waals surface area contributed by atoms with E-state index in [1.54, 1.807) is 5.01 Å². The number of carbonyl (C=O) groups is 1. The summed E-state index contributed by atoms with van der Waals surface area (Å²) in [5, 5.41) is 10.4. The third kappa shape index (κ3) is 3.15. The lowest BCUT2D eigenvalue weighted by molar-refractivity contribution is 0.118.